The Bertz CT molecular complexity index is 630. The molecule has 0 radical (unpaired) electrons. The van der Waals surface area contributed by atoms with Gasteiger partial charge in [0.1, 0.15) is 5.75 Å². The van der Waals surface area contributed by atoms with Gasteiger partial charge in [0.25, 0.3) is 5.69 Å². The Balaban J connectivity index is 2.36. The first-order valence-corrected chi connectivity index (χ1v) is 6.66. The molecule has 0 spiro atoms. The van der Waals surface area contributed by atoms with Gasteiger partial charge in [-0.25, -0.2) is 0 Å². The number of benzene rings is 2. The summed E-state index contributed by atoms with van der Waals surface area (Å²) in [6.07, 6.45) is 0. The lowest BCUT2D eigenvalue weighted by Gasteiger charge is -2.10. The maximum atomic E-state index is 10.7. The predicted molar refractivity (Wildman–Crippen MR) is 76.1 cm³/mol. The van der Waals surface area contributed by atoms with E-state index in [0.29, 0.717) is 5.56 Å². The molecule has 0 amide bonds. The summed E-state index contributed by atoms with van der Waals surface area (Å²) < 4.78 is 5.26. The first-order chi connectivity index (χ1) is 9.65. The SMILES string of the molecule is COc1ccccc1Sc1ccc([N+](=O)[O-])cc1CO. The normalized spacial score (nSPS) is 10.3. The van der Waals surface area contributed by atoms with Crippen molar-refractivity contribution in [3.05, 3.63) is 58.1 Å². The van der Waals surface area contributed by atoms with Crippen LogP contribution in [0.2, 0.25) is 0 Å². The molecule has 1 N–H and O–H groups in total. The van der Waals surface area contributed by atoms with E-state index in [9.17, 15) is 15.2 Å². The van der Waals surface area contributed by atoms with E-state index in [1.54, 1.807) is 13.2 Å². The Morgan fingerprint density at radius 1 is 1.25 bits per heavy atom. The van der Waals surface area contributed by atoms with Crippen LogP contribution >= 0.6 is 11.8 Å². The number of aliphatic hydroxyl groups is 1. The van der Waals surface area contributed by atoms with E-state index in [1.807, 2.05) is 24.3 Å². The van der Waals surface area contributed by atoms with Crippen LogP contribution in [0.5, 0.6) is 5.75 Å². The van der Waals surface area contributed by atoms with Crippen molar-refractivity contribution >= 4 is 17.4 Å². The third-order valence-electron chi connectivity index (χ3n) is 2.71. The van der Waals surface area contributed by atoms with Gasteiger partial charge >= 0.3 is 0 Å². The van der Waals surface area contributed by atoms with E-state index in [-0.39, 0.29) is 12.3 Å². The van der Waals surface area contributed by atoms with Gasteiger partial charge < -0.3 is 9.84 Å². The topological polar surface area (TPSA) is 72.6 Å². The van der Waals surface area contributed by atoms with Crippen LogP contribution in [0.25, 0.3) is 0 Å². The maximum absolute atomic E-state index is 10.7. The number of nitro benzene ring substituents is 1. The third-order valence-corrected chi connectivity index (χ3v) is 3.89. The molecule has 0 aliphatic heterocycles. The quantitative estimate of drug-likeness (QED) is 0.676. The zero-order valence-corrected chi connectivity index (χ0v) is 11.6. The maximum Gasteiger partial charge on any atom is 0.269 e. The van der Waals surface area contributed by atoms with Crippen LogP contribution in [0.1, 0.15) is 5.56 Å². The minimum atomic E-state index is -0.475. The summed E-state index contributed by atoms with van der Waals surface area (Å²) in [5.41, 5.74) is 0.494. The highest BCUT2D eigenvalue weighted by molar-refractivity contribution is 7.99. The van der Waals surface area contributed by atoms with Crippen molar-refractivity contribution in [3.8, 4) is 5.75 Å². The molecule has 0 aromatic heterocycles. The number of para-hydroxylation sites is 1. The van der Waals surface area contributed by atoms with Crippen molar-refractivity contribution in [2.45, 2.75) is 16.4 Å². The third kappa shape index (κ3) is 3.09. The number of nitrogens with zero attached hydrogens (tertiary/aromatic N) is 1. The fraction of sp³-hybridized carbons (Fsp3) is 0.143. The number of hydrogen-bond donors (Lipinski definition) is 1. The molecular weight excluding hydrogens is 278 g/mol. The molecule has 0 saturated heterocycles. The van der Waals surface area contributed by atoms with Crippen molar-refractivity contribution in [1.82, 2.24) is 0 Å². The van der Waals surface area contributed by atoms with Crippen molar-refractivity contribution in [1.29, 1.82) is 0 Å². The van der Waals surface area contributed by atoms with Gasteiger partial charge in [0.05, 0.1) is 23.5 Å². The van der Waals surface area contributed by atoms with Gasteiger partial charge in [-0.2, -0.15) is 0 Å². The summed E-state index contributed by atoms with van der Waals surface area (Å²) in [7, 11) is 1.59. The Morgan fingerprint density at radius 2 is 2.00 bits per heavy atom. The van der Waals surface area contributed by atoms with Crippen LogP contribution in [0.3, 0.4) is 0 Å². The summed E-state index contributed by atoms with van der Waals surface area (Å²) in [4.78, 5) is 11.9. The zero-order chi connectivity index (χ0) is 14.5. The fourth-order valence-corrected chi connectivity index (χ4v) is 2.75. The molecule has 20 heavy (non-hydrogen) atoms. The highest BCUT2D eigenvalue weighted by Gasteiger charge is 2.12. The van der Waals surface area contributed by atoms with Crippen molar-refractivity contribution in [2.24, 2.45) is 0 Å². The molecule has 0 fully saturated rings. The van der Waals surface area contributed by atoms with E-state index < -0.39 is 4.92 Å². The second-order valence-electron chi connectivity index (χ2n) is 3.96. The molecule has 5 nitrogen and oxygen atoms in total. The van der Waals surface area contributed by atoms with E-state index in [4.69, 9.17) is 4.74 Å². The van der Waals surface area contributed by atoms with Crippen LogP contribution in [0.15, 0.2) is 52.3 Å². The molecule has 2 aromatic rings. The Kier molecular flexibility index (Phi) is 4.60. The molecule has 6 heteroatoms. The van der Waals surface area contributed by atoms with Crippen LogP contribution in [-0.4, -0.2) is 17.1 Å². The Hall–Kier alpha value is -2.05. The number of non-ortho nitro benzene ring substituents is 1. The molecular formula is C14H13NO4S. The van der Waals surface area contributed by atoms with E-state index in [1.165, 1.54) is 23.9 Å². The standard InChI is InChI=1S/C14H13NO4S/c1-19-12-4-2-3-5-14(12)20-13-7-6-11(15(17)18)8-10(13)9-16/h2-8,16H,9H2,1H3. The Labute approximate surface area is 120 Å². The second kappa shape index (κ2) is 6.40. The van der Waals surface area contributed by atoms with Gasteiger partial charge in [0.15, 0.2) is 0 Å². The molecule has 0 saturated carbocycles. The molecule has 2 rings (SSSR count). The monoisotopic (exact) mass is 291 g/mol. The van der Waals surface area contributed by atoms with Crippen LogP contribution in [0, 0.1) is 10.1 Å². The number of ether oxygens (including phenoxy) is 1. The van der Waals surface area contributed by atoms with Gasteiger partial charge in [-0.05, 0) is 23.8 Å². The summed E-state index contributed by atoms with van der Waals surface area (Å²) in [5.74, 6) is 0.722. The summed E-state index contributed by atoms with van der Waals surface area (Å²) >= 11 is 1.40. The first-order valence-electron chi connectivity index (χ1n) is 5.84. The first kappa shape index (κ1) is 14.4. The van der Waals surface area contributed by atoms with E-state index in [0.717, 1.165) is 15.5 Å². The van der Waals surface area contributed by atoms with Gasteiger partial charge in [-0.15, -0.1) is 0 Å². The summed E-state index contributed by atoms with van der Waals surface area (Å²) in [6.45, 7) is -0.251. The predicted octanol–water partition coefficient (Wildman–Crippen LogP) is 3.25. The van der Waals surface area contributed by atoms with E-state index >= 15 is 0 Å². The molecule has 0 heterocycles. The lowest BCUT2D eigenvalue weighted by molar-refractivity contribution is -0.385. The number of aliphatic hydroxyl groups excluding tert-OH is 1. The second-order valence-corrected chi connectivity index (χ2v) is 5.04. The largest absolute Gasteiger partial charge is 0.496 e. The average molecular weight is 291 g/mol. The van der Waals surface area contributed by atoms with Crippen molar-refractivity contribution in [2.75, 3.05) is 7.11 Å². The number of methoxy groups -OCH3 is 1. The number of hydrogen-bond acceptors (Lipinski definition) is 5. The molecule has 104 valence electrons. The highest BCUT2D eigenvalue weighted by atomic mass is 32.2. The lowest BCUT2D eigenvalue weighted by Crippen LogP contribution is -1.93. The molecule has 0 unspecified atom stereocenters. The van der Waals surface area contributed by atoms with Gasteiger partial charge in [-0.1, -0.05) is 23.9 Å². The Morgan fingerprint density at radius 3 is 2.65 bits per heavy atom. The molecule has 0 aliphatic carbocycles. The molecule has 0 bridgehead atoms. The lowest BCUT2D eigenvalue weighted by atomic mass is 10.2. The van der Waals surface area contributed by atoms with Gasteiger partial charge in [0.2, 0.25) is 0 Å². The minimum Gasteiger partial charge on any atom is -0.496 e. The fourth-order valence-electron chi connectivity index (χ4n) is 1.72. The average Bonchev–Trinajstić information content (AvgIpc) is 2.48. The van der Waals surface area contributed by atoms with Crippen LogP contribution in [-0.2, 0) is 6.61 Å². The van der Waals surface area contributed by atoms with Crippen LogP contribution in [0.4, 0.5) is 5.69 Å². The number of rotatable bonds is 5. The van der Waals surface area contributed by atoms with Gasteiger partial charge in [-0.3, -0.25) is 10.1 Å². The minimum absolute atomic E-state index is 0.0292. The zero-order valence-electron chi connectivity index (χ0n) is 10.8. The van der Waals surface area contributed by atoms with Gasteiger partial charge in [0, 0.05) is 17.0 Å². The smallest absolute Gasteiger partial charge is 0.269 e. The summed E-state index contributed by atoms with van der Waals surface area (Å²) in [6, 6.07) is 11.9. The van der Waals surface area contributed by atoms with Crippen LogP contribution < -0.4 is 4.74 Å². The number of nitro groups is 1. The molecule has 2 aromatic carbocycles. The van der Waals surface area contributed by atoms with Crippen molar-refractivity contribution in [3.63, 3.8) is 0 Å². The summed E-state index contributed by atoms with van der Waals surface area (Å²) in [5, 5.41) is 20.1. The molecule has 0 atom stereocenters. The molecule has 0 aliphatic rings. The van der Waals surface area contributed by atoms with E-state index in [2.05, 4.69) is 0 Å². The highest BCUT2D eigenvalue weighted by Crippen LogP contribution is 2.37. The van der Waals surface area contributed by atoms with Crippen molar-refractivity contribution < 1.29 is 14.8 Å².